The zero-order valence-corrected chi connectivity index (χ0v) is 33.9. The van der Waals surface area contributed by atoms with Crippen molar-refractivity contribution in [2.75, 3.05) is 0 Å². The van der Waals surface area contributed by atoms with E-state index in [0.29, 0.717) is 5.82 Å². The second-order valence-electron chi connectivity index (χ2n) is 16.2. The van der Waals surface area contributed by atoms with Gasteiger partial charge in [-0.25, -0.2) is 9.97 Å². The maximum absolute atomic E-state index is 6.25. The Morgan fingerprint density at radius 1 is 0.286 bits per heavy atom. The average Bonchev–Trinajstić information content (AvgIpc) is 4.03. The van der Waals surface area contributed by atoms with E-state index in [0.717, 1.165) is 99.9 Å². The van der Waals surface area contributed by atoms with Gasteiger partial charge in [-0.15, -0.1) is 0 Å². The first kappa shape index (κ1) is 35.2. The fourth-order valence-electron chi connectivity index (χ4n) is 9.36. The summed E-state index contributed by atoms with van der Waals surface area (Å²) in [7, 11) is 0. The molecule has 0 saturated heterocycles. The molecule has 63 heavy (non-hydrogen) atoms. The number of furan rings is 2. The van der Waals surface area contributed by atoms with Crippen molar-refractivity contribution in [2.45, 2.75) is 0 Å². The highest BCUT2D eigenvalue weighted by Crippen LogP contribution is 2.40. The summed E-state index contributed by atoms with van der Waals surface area (Å²) in [6.45, 7) is 0. The lowest BCUT2D eigenvalue weighted by Crippen LogP contribution is -1.98. The Labute approximate surface area is 361 Å². The van der Waals surface area contributed by atoms with Crippen LogP contribution < -0.4 is 0 Å². The van der Waals surface area contributed by atoms with Gasteiger partial charge in [0.15, 0.2) is 5.82 Å². The van der Waals surface area contributed by atoms with Crippen molar-refractivity contribution in [1.29, 1.82) is 0 Å². The molecular weight excluding hydrogens is 771 g/mol. The van der Waals surface area contributed by atoms with Gasteiger partial charge >= 0.3 is 0 Å². The summed E-state index contributed by atoms with van der Waals surface area (Å²) < 4.78 is 14.8. The monoisotopic (exact) mass is 805 g/mol. The van der Waals surface area contributed by atoms with Gasteiger partial charge in [-0.1, -0.05) is 115 Å². The summed E-state index contributed by atoms with van der Waals surface area (Å²) in [4.78, 5) is 10.6. The van der Waals surface area contributed by atoms with Gasteiger partial charge in [0.05, 0.1) is 22.4 Å². The molecule has 5 heteroatoms. The number of nitrogens with zero attached hydrogens (tertiary/aromatic N) is 3. The maximum atomic E-state index is 6.25. The van der Waals surface area contributed by atoms with Crippen molar-refractivity contribution in [3.05, 3.63) is 212 Å². The molecule has 0 amide bonds. The van der Waals surface area contributed by atoms with Crippen molar-refractivity contribution >= 4 is 65.7 Å². The number of hydrogen-bond donors (Lipinski definition) is 0. The summed E-state index contributed by atoms with van der Waals surface area (Å²) in [6, 6.07) is 74.5. The highest BCUT2D eigenvalue weighted by molar-refractivity contribution is 6.10. The molecule has 4 aromatic heterocycles. The molecule has 294 valence electrons. The van der Waals surface area contributed by atoms with E-state index in [1.54, 1.807) is 0 Å². The van der Waals surface area contributed by atoms with E-state index in [1.807, 2.05) is 30.3 Å². The van der Waals surface area contributed by atoms with Gasteiger partial charge in [-0.2, -0.15) is 0 Å². The number of rotatable bonds is 6. The van der Waals surface area contributed by atoms with Gasteiger partial charge in [-0.05, 0) is 119 Å². The number of fused-ring (bicyclic) bond motifs is 9. The van der Waals surface area contributed by atoms with Crippen molar-refractivity contribution in [2.24, 2.45) is 0 Å². The van der Waals surface area contributed by atoms with Gasteiger partial charge in [0.25, 0.3) is 0 Å². The first-order valence-corrected chi connectivity index (χ1v) is 21.2. The topological polar surface area (TPSA) is 57.0 Å². The maximum Gasteiger partial charge on any atom is 0.160 e. The quantitative estimate of drug-likeness (QED) is 0.168. The van der Waals surface area contributed by atoms with Gasteiger partial charge < -0.3 is 13.4 Å². The summed E-state index contributed by atoms with van der Waals surface area (Å²) in [5.41, 5.74) is 15.9. The lowest BCUT2D eigenvalue weighted by Gasteiger charge is -2.14. The van der Waals surface area contributed by atoms with Crippen molar-refractivity contribution < 1.29 is 8.83 Å². The summed E-state index contributed by atoms with van der Waals surface area (Å²) in [5, 5.41) is 6.83. The average molecular weight is 806 g/mol. The summed E-state index contributed by atoms with van der Waals surface area (Å²) in [5.74, 6) is 0.657. The highest BCUT2D eigenvalue weighted by atomic mass is 16.3. The molecule has 13 aromatic rings. The Hall–Kier alpha value is -8.54. The smallest absolute Gasteiger partial charge is 0.160 e. The van der Waals surface area contributed by atoms with E-state index in [9.17, 15) is 0 Å². The van der Waals surface area contributed by atoms with Crippen LogP contribution in [0.5, 0.6) is 0 Å². The zero-order chi connectivity index (χ0) is 41.4. The van der Waals surface area contributed by atoms with Crippen LogP contribution in [-0.2, 0) is 0 Å². The molecule has 0 bridgehead atoms. The fraction of sp³-hybridized carbons (Fsp3) is 0. The molecule has 0 fully saturated rings. The molecule has 0 atom stereocenters. The van der Waals surface area contributed by atoms with Gasteiger partial charge in [0.2, 0.25) is 0 Å². The van der Waals surface area contributed by atoms with E-state index in [1.165, 1.54) is 21.8 Å². The van der Waals surface area contributed by atoms with Gasteiger partial charge in [-0.3, -0.25) is 0 Å². The molecular formula is C58H35N3O2. The van der Waals surface area contributed by atoms with E-state index >= 15 is 0 Å². The molecule has 0 saturated carbocycles. The Balaban J connectivity index is 0.996. The Kier molecular flexibility index (Phi) is 7.84. The standard InChI is InChI=1S/C58H35N3O2/c1-2-12-36(13-3-1)50-35-51(60-58(59-50)37-22-26-43(27-23-37)61-52-18-8-4-14-44(52)45-15-5-9-19-53(45)61)42-31-40(38-24-28-56-48(33-38)46-16-6-10-20-54(46)62-56)30-41(32-42)39-25-29-57-49(34-39)47-17-7-11-21-55(47)63-57/h1-35H. The van der Waals surface area contributed by atoms with Crippen LogP contribution in [-0.4, -0.2) is 14.5 Å². The minimum atomic E-state index is 0.657. The van der Waals surface area contributed by atoms with E-state index < -0.39 is 0 Å². The Morgan fingerprint density at radius 3 is 1.30 bits per heavy atom. The van der Waals surface area contributed by atoms with Crippen LogP contribution in [0, 0.1) is 0 Å². The van der Waals surface area contributed by atoms with Gasteiger partial charge in [0, 0.05) is 54.7 Å². The molecule has 0 N–H and O–H groups in total. The normalized spacial score (nSPS) is 11.8. The van der Waals surface area contributed by atoms with Crippen molar-refractivity contribution in [3.8, 4) is 61.8 Å². The molecule has 0 unspecified atom stereocenters. The first-order chi connectivity index (χ1) is 31.2. The van der Waals surface area contributed by atoms with E-state index in [4.69, 9.17) is 18.8 Å². The van der Waals surface area contributed by atoms with Crippen molar-refractivity contribution in [1.82, 2.24) is 14.5 Å². The molecule has 0 spiro atoms. The third-order valence-corrected chi connectivity index (χ3v) is 12.4. The number of para-hydroxylation sites is 4. The van der Waals surface area contributed by atoms with Crippen molar-refractivity contribution in [3.63, 3.8) is 0 Å². The molecule has 0 aliphatic carbocycles. The molecule has 0 aliphatic heterocycles. The molecule has 9 aromatic carbocycles. The summed E-state index contributed by atoms with van der Waals surface area (Å²) >= 11 is 0. The predicted molar refractivity (Wildman–Crippen MR) is 258 cm³/mol. The van der Waals surface area contributed by atoms with Crippen LogP contribution in [0.25, 0.3) is 128 Å². The fourth-order valence-corrected chi connectivity index (χ4v) is 9.36. The van der Waals surface area contributed by atoms with Crippen LogP contribution in [0.15, 0.2) is 221 Å². The largest absolute Gasteiger partial charge is 0.456 e. The molecule has 4 heterocycles. The second kappa shape index (κ2) is 14.0. The second-order valence-corrected chi connectivity index (χ2v) is 16.2. The summed E-state index contributed by atoms with van der Waals surface area (Å²) in [6.07, 6.45) is 0. The number of benzene rings is 9. The number of hydrogen-bond acceptors (Lipinski definition) is 4. The number of aromatic nitrogens is 3. The molecule has 13 rings (SSSR count). The van der Waals surface area contributed by atoms with Crippen LogP contribution >= 0.6 is 0 Å². The minimum Gasteiger partial charge on any atom is -0.456 e. The minimum absolute atomic E-state index is 0.657. The lowest BCUT2D eigenvalue weighted by atomic mass is 9.93. The van der Waals surface area contributed by atoms with Crippen LogP contribution in [0.4, 0.5) is 0 Å². The van der Waals surface area contributed by atoms with Crippen LogP contribution in [0.3, 0.4) is 0 Å². The van der Waals surface area contributed by atoms with E-state index in [2.05, 4.69) is 187 Å². The van der Waals surface area contributed by atoms with Crippen LogP contribution in [0.2, 0.25) is 0 Å². The van der Waals surface area contributed by atoms with E-state index in [-0.39, 0.29) is 0 Å². The highest BCUT2D eigenvalue weighted by Gasteiger charge is 2.17. The Morgan fingerprint density at radius 2 is 0.730 bits per heavy atom. The SMILES string of the molecule is c1ccc(-c2cc(-c3cc(-c4ccc5oc6ccccc6c5c4)cc(-c4ccc5oc6ccccc6c5c4)c3)nc(-c3ccc(-n4c5ccccc5c5ccccc54)cc3)n2)cc1. The Bertz CT molecular complexity index is 3730. The lowest BCUT2D eigenvalue weighted by molar-refractivity contribution is 0.668. The first-order valence-electron chi connectivity index (χ1n) is 21.2. The predicted octanol–water partition coefficient (Wildman–Crippen LogP) is 15.7. The molecule has 0 aliphatic rings. The zero-order valence-electron chi connectivity index (χ0n) is 33.9. The van der Waals surface area contributed by atoms with Gasteiger partial charge in [0.1, 0.15) is 22.3 Å². The third kappa shape index (κ3) is 5.86. The van der Waals surface area contributed by atoms with Crippen LogP contribution in [0.1, 0.15) is 0 Å². The molecule has 0 radical (unpaired) electrons. The third-order valence-electron chi connectivity index (χ3n) is 12.4. The molecule has 5 nitrogen and oxygen atoms in total.